The average molecular weight is 286 g/mol. The average Bonchev–Trinajstić information content (AvgIpc) is 2.49. The van der Waals surface area contributed by atoms with Crippen LogP contribution in [-0.4, -0.2) is 18.3 Å². The van der Waals surface area contributed by atoms with Gasteiger partial charge in [0.05, 0.1) is 13.2 Å². The van der Waals surface area contributed by atoms with E-state index in [4.69, 9.17) is 9.47 Å². The third kappa shape index (κ3) is 3.56. The maximum atomic E-state index is 10.6. The summed E-state index contributed by atoms with van der Waals surface area (Å²) in [6, 6.07) is 13.4. The van der Waals surface area contributed by atoms with E-state index in [1.807, 2.05) is 63.2 Å². The van der Waals surface area contributed by atoms with Crippen LogP contribution in [0, 0.1) is 6.92 Å². The Morgan fingerprint density at radius 2 is 1.62 bits per heavy atom. The minimum atomic E-state index is -0.666. The molecule has 21 heavy (non-hydrogen) atoms. The van der Waals surface area contributed by atoms with E-state index in [1.54, 1.807) is 0 Å². The molecule has 0 saturated carbocycles. The Hall–Kier alpha value is -2.00. The fraction of sp³-hybridized carbons (Fsp3) is 0.333. The molecule has 1 unspecified atom stereocenters. The van der Waals surface area contributed by atoms with Gasteiger partial charge in [0.1, 0.15) is 6.10 Å². The Bertz CT molecular complexity index is 593. The van der Waals surface area contributed by atoms with E-state index < -0.39 is 6.10 Å². The van der Waals surface area contributed by atoms with Crippen molar-refractivity contribution in [3.63, 3.8) is 0 Å². The molecular formula is C18H22O3. The fourth-order valence-electron chi connectivity index (χ4n) is 2.31. The zero-order chi connectivity index (χ0) is 15.2. The number of hydrogen-bond acceptors (Lipinski definition) is 3. The zero-order valence-electron chi connectivity index (χ0n) is 12.8. The standard InChI is InChI=1S/C18H22O3/c1-4-20-16-11-10-14(12-17(16)21-5-2)18(19)15-9-7-6-8-13(15)3/h6-12,18-19H,4-5H2,1-3H3. The predicted molar refractivity (Wildman–Crippen MR) is 84.0 cm³/mol. The van der Waals surface area contributed by atoms with Crippen LogP contribution < -0.4 is 9.47 Å². The Labute approximate surface area is 126 Å². The van der Waals surface area contributed by atoms with Gasteiger partial charge in [0.25, 0.3) is 0 Å². The molecule has 0 saturated heterocycles. The highest BCUT2D eigenvalue weighted by atomic mass is 16.5. The molecule has 0 aliphatic rings. The highest BCUT2D eigenvalue weighted by Gasteiger charge is 2.15. The molecule has 0 bridgehead atoms. The topological polar surface area (TPSA) is 38.7 Å². The zero-order valence-corrected chi connectivity index (χ0v) is 12.8. The molecule has 0 aromatic heterocycles. The smallest absolute Gasteiger partial charge is 0.161 e. The van der Waals surface area contributed by atoms with Gasteiger partial charge in [-0.15, -0.1) is 0 Å². The van der Waals surface area contributed by atoms with Gasteiger partial charge in [-0.2, -0.15) is 0 Å². The summed E-state index contributed by atoms with van der Waals surface area (Å²) in [5.74, 6) is 1.38. The molecule has 0 aliphatic carbocycles. The number of benzene rings is 2. The van der Waals surface area contributed by atoms with Crippen LogP contribution >= 0.6 is 0 Å². The second-order valence-electron chi connectivity index (χ2n) is 4.83. The first-order valence-electron chi connectivity index (χ1n) is 7.30. The highest BCUT2D eigenvalue weighted by Crippen LogP contribution is 2.33. The number of aryl methyl sites for hydroxylation is 1. The summed E-state index contributed by atoms with van der Waals surface area (Å²) in [7, 11) is 0. The van der Waals surface area contributed by atoms with Crippen LogP contribution in [0.5, 0.6) is 11.5 Å². The molecule has 0 amide bonds. The lowest BCUT2D eigenvalue weighted by atomic mass is 9.97. The molecule has 0 radical (unpaired) electrons. The Kier molecular flexibility index (Phi) is 5.23. The molecular weight excluding hydrogens is 264 g/mol. The maximum Gasteiger partial charge on any atom is 0.161 e. The summed E-state index contributed by atoms with van der Waals surface area (Å²) < 4.78 is 11.2. The van der Waals surface area contributed by atoms with E-state index in [-0.39, 0.29) is 0 Å². The number of hydrogen-bond donors (Lipinski definition) is 1. The van der Waals surface area contributed by atoms with Gasteiger partial charge in [0.2, 0.25) is 0 Å². The van der Waals surface area contributed by atoms with Gasteiger partial charge in [-0.25, -0.2) is 0 Å². The SMILES string of the molecule is CCOc1ccc(C(O)c2ccccc2C)cc1OCC. The van der Waals surface area contributed by atoms with Gasteiger partial charge in [-0.3, -0.25) is 0 Å². The third-order valence-electron chi connectivity index (χ3n) is 3.37. The van der Waals surface area contributed by atoms with Crippen molar-refractivity contribution in [3.05, 3.63) is 59.2 Å². The van der Waals surface area contributed by atoms with Gasteiger partial charge >= 0.3 is 0 Å². The fourth-order valence-corrected chi connectivity index (χ4v) is 2.31. The number of aliphatic hydroxyl groups excluding tert-OH is 1. The first kappa shape index (κ1) is 15.4. The molecule has 112 valence electrons. The van der Waals surface area contributed by atoms with E-state index in [9.17, 15) is 5.11 Å². The number of rotatable bonds is 6. The summed E-state index contributed by atoms with van der Waals surface area (Å²) in [4.78, 5) is 0. The molecule has 3 nitrogen and oxygen atoms in total. The van der Waals surface area contributed by atoms with Crippen LogP contribution in [0.25, 0.3) is 0 Å². The van der Waals surface area contributed by atoms with E-state index in [0.29, 0.717) is 24.7 Å². The molecule has 0 spiro atoms. The molecule has 1 N–H and O–H groups in total. The lowest BCUT2D eigenvalue weighted by Crippen LogP contribution is -2.04. The van der Waals surface area contributed by atoms with Crippen molar-refractivity contribution in [2.24, 2.45) is 0 Å². The molecule has 2 rings (SSSR count). The van der Waals surface area contributed by atoms with Gasteiger partial charge in [-0.05, 0) is 49.6 Å². The first-order chi connectivity index (χ1) is 10.2. The van der Waals surface area contributed by atoms with Gasteiger partial charge in [0.15, 0.2) is 11.5 Å². The Morgan fingerprint density at radius 3 is 2.29 bits per heavy atom. The van der Waals surface area contributed by atoms with Crippen LogP contribution in [0.1, 0.15) is 36.6 Å². The number of aliphatic hydroxyl groups is 1. The summed E-state index contributed by atoms with van der Waals surface area (Å²) in [6.07, 6.45) is -0.666. The number of ether oxygens (including phenoxy) is 2. The quantitative estimate of drug-likeness (QED) is 0.876. The van der Waals surface area contributed by atoms with Crippen molar-refractivity contribution in [1.29, 1.82) is 0 Å². The molecule has 0 heterocycles. The Morgan fingerprint density at radius 1 is 0.952 bits per heavy atom. The van der Waals surface area contributed by atoms with E-state index >= 15 is 0 Å². The van der Waals surface area contributed by atoms with Crippen LogP contribution in [-0.2, 0) is 0 Å². The van der Waals surface area contributed by atoms with Crippen molar-refractivity contribution in [1.82, 2.24) is 0 Å². The van der Waals surface area contributed by atoms with Gasteiger partial charge in [0, 0.05) is 0 Å². The minimum Gasteiger partial charge on any atom is -0.490 e. The second-order valence-corrected chi connectivity index (χ2v) is 4.83. The molecule has 3 heteroatoms. The van der Waals surface area contributed by atoms with Gasteiger partial charge < -0.3 is 14.6 Å². The molecule has 2 aromatic carbocycles. The summed E-state index contributed by atoms with van der Waals surface area (Å²) in [6.45, 7) is 7.01. The van der Waals surface area contributed by atoms with Crippen molar-refractivity contribution < 1.29 is 14.6 Å². The molecule has 2 aromatic rings. The lowest BCUT2D eigenvalue weighted by Gasteiger charge is -2.17. The summed E-state index contributed by atoms with van der Waals surface area (Å²) in [5.41, 5.74) is 2.78. The highest BCUT2D eigenvalue weighted by molar-refractivity contribution is 5.46. The molecule has 0 aliphatic heterocycles. The van der Waals surface area contributed by atoms with Crippen LogP contribution in [0.15, 0.2) is 42.5 Å². The van der Waals surface area contributed by atoms with Crippen LogP contribution in [0.4, 0.5) is 0 Å². The van der Waals surface area contributed by atoms with E-state index in [1.165, 1.54) is 0 Å². The molecule has 1 atom stereocenters. The summed E-state index contributed by atoms with van der Waals surface area (Å²) >= 11 is 0. The van der Waals surface area contributed by atoms with Gasteiger partial charge in [-0.1, -0.05) is 30.3 Å². The Balaban J connectivity index is 2.35. The molecule has 0 fully saturated rings. The monoisotopic (exact) mass is 286 g/mol. The minimum absolute atomic E-state index is 0.560. The van der Waals surface area contributed by atoms with E-state index in [0.717, 1.165) is 16.7 Å². The van der Waals surface area contributed by atoms with Crippen LogP contribution in [0.3, 0.4) is 0 Å². The maximum absolute atomic E-state index is 10.6. The van der Waals surface area contributed by atoms with Crippen molar-refractivity contribution in [2.45, 2.75) is 26.9 Å². The normalized spacial score (nSPS) is 12.0. The van der Waals surface area contributed by atoms with Crippen molar-refractivity contribution in [3.8, 4) is 11.5 Å². The third-order valence-corrected chi connectivity index (χ3v) is 3.37. The predicted octanol–water partition coefficient (Wildman–Crippen LogP) is 3.87. The second kappa shape index (κ2) is 7.14. The largest absolute Gasteiger partial charge is 0.490 e. The van der Waals surface area contributed by atoms with Crippen LogP contribution in [0.2, 0.25) is 0 Å². The first-order valence-corrected chi connectivity index (χ1v) is 7.30. The lowest BCUT2D eigenvalue weighted by molar-refractivity contribution is 0.218. The van der Waals surface area contributed by atoms with E-state index in [2.05, 4.69) is 0 Å². The summed E-state index contributed by atoms with van der Waals surface area (Å²) in [5, 5.41) is 10.6. The van der Waals surface area contributed by atoms with Crippen molar-refractivity contribution in [2.75, 3.05) is 13.2 Å². The van der Waals surface area contributed by atoms with Crippen molar-refractivity contribution >= 4 is 0 Å².